The lowest BCUT2D eigenvalue weighted by atomic mass is 9.90. The number of aromatic nitrogens is 1. The lowest BCUT2D eigenvalue weighted by molar-refractivity contribution is 0.0779. The summed E-state index contributed by atoms with van der Waals surface area (Å²) < 4.78 is 52.5. The topological polar surface area (TPSA) is 131 Å². The van der Waals surface area contributed by atoms with Crippen LogP contribution in [0, 0.1) is 11.7 Å². The molecule has 1 aliphatic rings. The third-order valence-corrected chi connectivity index (χ3v) is 7.42. The van der Waals surface area contributed by atoms with E-state index in [9.17, 15) is 22.7 Å². The highest BCUT2D eigenvalue weighted by molar-refractivity contribution is 7.89. The normalized spacial score (nSPS) is 14.8. The molecule has 1 aliphatic carbocycles. The highest BCUT2D eigenvalue weighted by Gasteiger charge is 2.33. The Morgan fingerprint density at radius 1 is 1.28 bits per heavy atom. The summed E-state index contributed by atoms with van der Waals surface area (Å²) >= 11 is 0. The van der Waals surface area contributed by atoms with Crippen LogP contribution >= 0.6 is 0 Å². The number of benzene rings is 1. The van der Waals surface area contributed by atoms with Gasteiger partial charge in [-0.05, 0) is 67.9 Å². The number of sulfonamides is 1. The van der Waals surface area contributed by atoms with E-state index < -0.39 is 32.6 Å². The summed E-state index contributed by atoms with van der Waals surface area (Å²) in [6.45, 7) is 4.90. The number of halogens is 1. The second kappa shape index (κ2) is 9.55. The first kappa shape index (κ1) is 25.6. The molecule has 9 nitrogen and oxygen atoms in total. The molecule has 192 valence electrons. The van der Waals surface area contributed by atoms with Crippen molar-refractivity contribution < 1.29 is 31.9 Å². The summed E-state index contributed by atoms with van der Waals surface area (Å²) in [6, 6.07) is 5.96. The van der Waals surface area contributed by atoms with Gasteiger partial charge in [-0.3, -0.25) is 0 Å². The van der Waals surface area contributed by atoms with Gasteiger partial charge in [0.25, 0.3) is 10.0 Å². The number of hydrogen-bond donors (Lipinski definition) is 3. The SMILES string of the molecule is COc1cc(-c2cc(F)cc(C(C)C3CC3)c2NC(=O)NS(=O)(=O)c2cc(C(C)(C)O)co2)ccn1. The number of pyridine rings is 1. The molecule has 36 heavy (non-hydrogen) atoms. The van der Waals surface area contributed by atoms with E-state index in [1.54, 1.807) is 12.1 Å². The molecule has 2 amide bonds. The molecule has 0 aliphatic heterocycles. The Morgan fingerprint density at radius 2 is 2.00 bits per heavy atom. The summed E-state index contributed by atoms with van der Waals surface area (Å²) in [6.07, 6.45) is 4.57. The number of nitrogens with zero attached hydrogens (tertiary/aromatic N) is 1. The monoisotopic (exact) mass is 517 g/mol. The van der Waals surface area contributed by atoms with E-state index in [1.165, 1.54) is 39.3 Å². The molecular weight excluding hydrogens is 489 g/mol. The van der Waals surface area contributed by atoms with Gasteiger partial charge in [-0.15, -0.1) is 0 Å². The van der Waals surface area contributed by atoms with Gasteiger partial charge >= 0.3 is 6.03 Å². The molecule has 2 aromatic heterocycles. The van der Waals surface area contributed by atoms with Crippen molar-refractivity contribution in [3.63, 3.8) is 0 Å². The van der Waals surface area contributed by atoms with Gasteiger partial charge in [0.05, 0.1) is 24.7 Å². The average molecular weight is 518 g/mol. The summed E-state index contributed by atoms with van der Waals surface area (Å²) in [5.41, 5.74) is 0.627. The Morgan fingerprint density at radius 3 is 2.61 bits per heavy atom. The zero-order chi connectivity index (χ0) is 26.3. The van der Waals surface area contributed by atoms with Crippen molar-refractivity contribution in [2.24, 2.45) is 5.92 Å². The molecule has 3 aromatic rings. The van der Waals surface area contributed by atoms with Gasteiger partial charge in [0.1, 0.15) is 5.82 Å². The van der Waals surface area contributed by atoms with E-state index in [-0.39, 0.29) is 17.2 Å². The van der Waals surface area contributed by atoms with Crippen molar-refractivity contribution in [1.29, 1.82) is 0 Å². The lowest BCUT2D eigenvalue weighted by Crippen LogP contribution is -2.34. The first-order valence-corrected chi connectivity index (χ1v) is 12.9. The Labute approximate surface area is 208 Å². The molecule has 0 bridgehead atoms. The predicted molar refractivity (Wildman–Crippen MR) is 131 cm³/mol. The van der Waals surface area contributed by atoms with Crippen molar-refractivity contribution in [3.8, 4) is 17.0 Å². The van der Waals surface area contributed by atoms with Gasteiger partial charge < -0.3 is 19.6 Å². The van der Waals surface area contributed by atoms with Crippen LogP contribution in [-0.2, 0) is 15.6 Å². The Balaban J connectivity index is 1.70. The zero-order valence-corrected chi connectivity index (χ0v) is 21.1. The van der Waals surface area contributed by atoms with E-state index >= 15 is 0 Å². The number of methoxy groups -OCH3 is 1. The van der Waals surface area contributed by atoms with Crippen molar-refractivity contribution >= 4 is 21.7 Å². The molecule has 1 fully saturated rings. The van der Waals surface area contributed by atoms with Crippen molar-refractivity contribution in [3.05, 3.63) is 59.7 Å². The van der Waals surface area contributed by atoms with Crippen LogP contribution in [0.25, 0.3) is 11.1 Å². The predicted octanol–water partition coefficient (Wildman–Crippen LogP) is 4.74. The number of amides is 2. The third kappa shape index (κ3) is 5.52. The van der Waals surface area contributed by atoms with Crippen LogP contribution in [0.15, 0.2) is 52.3 Å². The molecule has 1 unspecified atom stereocenters. The number of anilines is 1. The van der Waals surface area contributed by atoms with Crippen LogP contribution in [-0.4, -0.2) is 31.6 Å². The standard InChI is InChI=1S/C25H28FN3O6S/c1-14(15-5-6-15)19-11-18(26)12-20(16-7-8-27-21(9-16)34-4)23(19)28-24(30)29-36(32,33)22-10-17(13-35-22)25(2,3)31/h7-15,31H,5-6H2,1-4H3,(H2,28,29,30). The fourth-order valence-corrected chi connectivity index (χ4v) is 4.84. The first-order chi connectivity index (χ1) is 16.9. The smallest absolute Gasteiger partial charge is 0.333 e. The van der Waals surface area contributed by atoms with Gasteiger partial charge in [-0.1, -0.05) is 6.92 Å². The Bertz CT molecular complexity index is 1390. The Hall–Kier alpha value is -3.44. The third-order valence-electron chi connectivity index (χ3n) is 6.22. The minimum absolute atomic E-state index is 0.0745. The van der Waals surface area contributed by atoms with E-state index in [0.717, 1.165) is 25.2 Å². The van der Waals surface area contributed by atoms with E-state index in [2.05, 4.69) is 10.3 Å². The highest BCUT2D eigenvalue weighted by atomic mass is 32.2. The molecule has 2 heterocycles. The number of hydrogen-bond acceptors (Lipinski definition) is 7. The van der Waals surface area contributed by atoms with E-state index in [1.807, 2.05) is 11.6 Å². The van der Waals surface area contributed by atoms with Crippen LogP contribution < -0.4 is 14.8 Å². The molecule has 11 heteroatoms. The van der Waals surface area contributed by atoms with Crippen LogP contribution in [0.2, 0.25) is 0 Å². The van der Waals surface area contributed by atoms with Gasteiger partial charge in [0.15, 0.2) is 0 Å². The summed E-state index contributed by atoms with van der Waals surface area (Å²) in [7, 11) is -2.94. The molecular formula is C25H28FN3O6S. The van der Waals surface area contributed by atoms with Gasteiger partial charge in [-0.2, -0.15) is 8.42 Å². The molecule has 0 spiro atoms. The molecule has 1 aromatic carbocycles. The number of aliphatic hydroxyl groups is 1. The second-order valence-electron chi connectivity index (χ2n) is 9.40. The van der Waals surface area contributed by atoms with Crippen molar-refractivity contribution in [2.75, 3.05) is 12.4 Å². The molecule has 3 N–H and O–H groups in total. The number of urea groups is 1. The van der Waals surface area contributed by atoms with Gasteiger partial charge in [0.2, 0.25) is 11.0 Å². The number of furan rings is 1. The lowest BCUT2D eigenvalue weighted by Gasteiger charge is -2.21. The molecule has 1 atom stereocenters. The van der Waals surface area contributed by atoms with Crippen LogP contribution in [0.5, 0.6) is 5.88 Å². The molecule has 4 rings (SSSR count). The largest absolute Gasteiger partial charge is 0.481 e. The number of ether oxygens (including phenoxy) is 1. The van der Waals surface area contributed by atoms with Crippen molar-refractivity contribution in [2.45, 2.75) is 50.2 Å². The average Bonchev–Trinajstić information content (AvgIpc) is 3.52. The second-order valence-corrected chi connectivity index (χ2v) is 11.0. The van der Waals surface area contributed by atoms with Gasteiger partial charge in [0, 0.05) is 29.5 Å². The number of carbonyl (C=O) groups excluding carboxylic acids is 1. The summed E-state index contributed by atoms with van der Waals surface area (Å²) in [4.78, 5) is 17.0. The van der Waals surface area contributed by atoms with Crippen LogP contribution in [0.1, 0.15) is 50.7 Å². The van der Waals surface area contributed by atoms with Crippen LogP contribution in [0.4, 0.5) is 14.9 Å². The van der Waals surface area contributed by atoms with Crippen LogP contribution in [0.3, 0.4) is 0 Å². The Kier molecular flexibility index (Phi) is 6.80. The van der Waals surface area contributed by atoms with E-state index in [0.29, 0.717) is 28.5 Å². The minimum atomic E-state index is -4.40. The van der Waals surface area contributed by atoms with Crippen molar-refractivity contribution in [1.82, 2.24) is 9.71 Å². The maximum absolute atomic E-state index is 14.7. The highest BCUT2D eigenvalue weighted by Crippen LogP contribution is 2.46. The fraction of sp³-hybridized carbons (Fsp3) is 0.360. The molecule has 0 radical (unpaired) electrons. The number of carbonyl (C=O) groups is 1. The van der Waals surface area contributed by atoms with E-state index in [4.69, 9.17) is 9.15 Å². The first-order valence-electron chi connectivity index (χ1n) is 11.4. The minimum Gasteiger partial charge on any atom is -0.481 e. The summed E-state index contributed by atoms with van der Waals surface area (Å²) in [5.74, 6) is 0.0698. The summed E-state index contributed by atoms with van der Waals surface area (Å²) in [5, 5.41) is 12.2. The number of rotatable bonds is 8. The molecule has 1 saturated carbocycles. The quantitative estimate of drug-likeness (QED) is 0.393. The maximum atomic E-state index is 14.7. The zero-order valence-electron chi connectivity index (χ0n) is 20.3. The fourth-order valence-electron chi connectivity index (χ4n) is 3.98. The van der Waals surface area contributed by atoms with Gasteiger partial charge in [-0.25, -0.2) is 18.9 Å². The maximum Gasteiger partial charge on any atom is 0.333 e. The molecule has 0 saturated heterocycles. The number of nitrogens with one attached hydrogen (secondary N) is 2.